The van der Waals surface area contributed by atoms with Gasteiger partial charge in [-0.25, -0.2) is 0 Å². The van der Waals surface area contributed by atoms with E-state index in [1.54, 1.807) is 0 Å². The Morgan fingerprint density at radius 3 is 2.03 bits per heavy atom. The summed E-state index contributed by atoms with van der Waals surface area (Å²) < 4.78 is 42.9. The van der Waals surface area contributed by atoms with Gasteiger partial charge < -0.3 is 0 Å². The average molecular weight is 465 g/mol. The lowest BCUT2D eigenvalue weighted by Gasteiger charge is -2.28. The average Bonchev–Trinajstić information content (AvgIpc) is 2.73. The molecule has 0 bridgehead atoms. The molecule has 0 radical (unpaired) electrons. The lowest BCUT2D eigenvalue weighted by atomic mass is 9.80. The molecule has 4 heteroatoms. The molecule has 0 spiro atoms. The number of pyridine rings is 1. The van der Waals surface area contributed by atoms with Gasteiger partial charge in [0.25, 0.3) is 0 Å². The summed E-state index contributed by atoms with van der Waals surface area (Å²) in [6, 6.07) is 20.5. The Hall–Kier alpha value is -2.88. The number of aryl methyl sites for hydroxylation is 2. The van der Waals surface area contributed by atoms with Gasteiger partial charge in [-0.15, -0.1) is 0 Å². The van der Waals surface area contributed by atoms with Crippen molar-refractivity contribution in [2.45, 2.75) is 59.6 Å². The largest absolute Gasteiger partial charge is 0.394 e. The first kappa shape index (κ1) is 24.3. The molecule has 1 aromatic heterocycles. The van der Waals surface area contributed by atoms with E-state index < -0.39 is 11.6 Å². The second-order valence-corrected chi connectivity index (χ2v) is 11.1. The Bertz CT molecular complexity index is 1390. The van der Waals surface area contributed by atoms with Gasteiger partial charge in [0.1, 0.15) is 7.05 Å². The molecule has 0 aliphatic heterocycles. The first-order valence-electron chi connectivity index (χ1n) is 11.7. The van der Waals surface area contributed by atoms with Gasteiger partial charge >= 0.3 is 6.18 Å². The molecule has 34 heavy (non-hydrogen) atoms. The van der Waals surface area contributed by atoms with Gasteiger partial charge in [0.2, 0.25) is 11.2 Å². The van der Waals surface area contributed by atoms with Crippen molar-refractivity contribution in [3.05, 3.63) is 77.4 Å². The third kappa shape index (κ3) is 4.08. The third-order valence-electron chi connectivity index (χ3n) is 7.10. The molecule has 0 unspecified atom stereocenters. The SMILES string of the molecule is Cc1c(-c2ccc3c(CC(C)(C)C(F)(F)F)cccc3[n+]2C)cc(C(C)(C)C)c2ccccc12. The standard InChI is InChI=1S/C30H33F3N/c1-19-21-12-8-9-13-23(21)25(28(2,3)4)17-24(19)27-16-15-22-20(11-10-14-26(22)34(27)7)18-29(5,6)30(31,32)33/h8-17H,18H2,1-7H3/q+1. The molecule has 3 aromatic carbocycles. The zero-order valence-corrected chi connectivity index (χ0v) is 21.1. The van der Waals surface area contributed by atoms with Crippen molar-refractivity contribution in [3.63, 3.8) is 0 Å². The maximum Gasteiger partial charge on any atom is 0.394 e. The van der Waals surface area contributed by atoms with E-state index >= 15 is 0 Å². The Morgan fingerprint density at radius 1 is 0.765 bits per heavy atom. The van der Waals surface area contributed by atoms with Gasteiger partial charge in [0.05, 0.1) is 5.41 Å². The first-order chi connectivity index (χ1) is 15.7. The van der Waals surface area contributed by atoms with Gasteiger partial charge in [-0.3, -0.25) is 0 Å². The molecule has 0 amide bonds. The molecule has 0 saturated carbocycles. The number of alkyl halides is 3. The number of benzene rings is 3. The van der Waals surface area contributed by atoms with Crippen molar-refractivity contribution in [1.82, 2.24) is 0 Å². The third-order valence-corrected chi connectivity index (χ3v) is 7.10. The minimum Gasteiger partial charge on any atom is -0.194 e. The van der Waals surface area contributed by atoms with Crippen LogP contribution >= 0.6 is 0 Å². The van der Waals surface area contributed by atoms with E-state index in [0.717, 1.165) is 22.2 Å². The molecule has 0 aliphatic carbocycles. The van der Waals surface area contributed by atoms with Crippen LogP contribution in [0, 0.1) is 12.3 Å². The van der Waals surface area contributed by atoms with Crippen LogP contribution in [0.15, 0.2) is 60.7 Å². The fourth-order valence-corrected chi connectivity index (χ4v) is 4.90. The molecule has 0 aliphatic rings. The molecular formula is C30H33F3N+. The van der Waals surface area contributed by atoms with Crippen LogP contribution in [-0.2, 0) is 18.9 Å². The summed E-state index contributed by atoms with van der Waals surface area (Å²) in [6.45, 7) is 11.4. The summed E-state index contributed by atoms with van der Waals surface area (Å²) in [5, 5.41) is 3.35. The monoisotopic (exact) mass is 464 g/mol. The van der Waals surface area contributed by atoms with Crippen LogP contribution in [0.1, 0.15) is 51.3 Å². The van der Waals surface area contributed by atoms with Crippen LogP contribution in [0.25, 0.3) is 32.9 Å². The number of hydrogen-bond acceptors (Lipinski definition) is 0. The normalized spacial score (nSPS) is 13.1. The highest BCUT2D eigenvalue weighted by atomic mass is 19.4. The van der Waals surface area contributed by atoms with Gasteiger partial charge in [-0.05, 0) is 58.4 Å². The van der Waals surface area contributed by atoms with Crippen LogP contribution in [0.4, 0.5) is 13.2 Å². The highest BCUT2D eigenvalue weighted by Gasteiger charge is 2.47. The molecule has 1 heterocycles. The number of hydrogen-bond donors (Lipinski definition) is 0. The van der Waals surface area contributed by atoms with Crippen LogP contribution in [-0.4, -0.2) is 6.18 Å². The lowest BCUT2D eigenvalue weighted by Crippen LogP contribution is -2.35. The van der Waals surface area contributed by atoms with E-state index in [1.165, 1.54) is 35.7 Å². The molecule has 0 saturated heterocycles. The van der Waals surface area contributed by atoms with E-state index in [1.807, 2.05) is 31.3 Å². The minimum atomic E-state index is -4.26. The predicted molar refractivity (Wildman–Crippen MR) is 135 cm³/mol. The van der Waals surface area contributed by atoms with Crippen LogP contribution < -0.4 is 4.57 Å². The van der Waals surface area contributed by atoms with Crippen molar-refractivity contribution in [1.29, 1.82) is 0 Å². The van der Waals surface area contributed by atoms with E-state index in [4.69, 9.17) is 0 Å². The second kappa shape index (κ2) is 8.11. The fourth-order valence-electron chi connectivity index (χ4n) is 4.90. The van der Waals surface area contributed by atoms with Crippen LogP contribution in [0.2, 0.25) is 0 Å². The Balaban J connectivity index is 1.94. The van der Waals surface area contributed by atoms with Crippen LogP contribution in [0.5, 0.6) is 0 Å². The molecule has 4 aromatic rings. The van der Waals surface area contributed by atoms with Gasteiger partial charge in [-0.1, -0.05) is 71.0 Å². The van der Waals surface area contributed by atoms with E-state index in [9.17, 15) is 13.2 Å². The van der Waals surface area contributed by atoms with Crippen molar-refractivity contribution >= 4 is 21.7 Å². The molecule has 1 nitrogen and oxygen atoms in total. The highest BCUT2D eigenvalue weighted by molar-refractivity contribution is 5.94. The highest BCUT2D eigenvalue weighted by Crippen LogP contribution is 2.41. The summed E-state index contributed by atoms with van der Waals surface area (Å²) in [4.78, 5) is 0. The van der Waals surface area contributed by atoms with Gasteiger partial charge in [-0.2, -0.15) is 17.7 Å². The maximum atomic E-state index is 13.6. The molecular weight excluding hydrogens is 431 g/mol. The Kier molecular flexibility index (Phi) is 5.78. The van der Waals surface area contributed by atoms with E-state index in [0.29, 0.717) is 5.56 Å². The minimum absolute atomic E-state index is 0.0339. The molecule has 178 valence electrons. The summed E-state index contributed by atoms with van der Waals surface area (Å²) in [5.74, 6) is 0. The molecule has 0 fully saturated rings. The summed E-state index contributed by atoms with van der Waals surface area (Å²) in [5.41, 5.74) is 4.49. The topological polar surface area (TPSA) is 3.88 Å². The van der Waals surface area contributed by atoms with Crippen molar-refractivity contribution < 1.29 is 17.7 Å². The predicted octanol–water partition coefficient (Wildman–Crippen LogP) is 8.22. The zero-order chi connectivity index (χ0) is 25.1. The number of halogens is 3. The van der Waals surface area contributed by atoms with E-state index in [2.05, 4.69) is 68.7 Å². The van der Waals surface area contributed by atoms with Gasteiger partial charge in [0.15, 0.2) is 0 Å². The Morgan fingerprint density at radius 2 is 1.41 bits per heavy atom. The number of rotatable bonds is 3. The van der Waals surface area contributed by atoms with Crippen LogP contribution in [0.3, 0.4) is 0 Å². The van der Waals surface area contributed by atoms with Gasteiger partial charge in [0, 0.05) is 23.1 Å². The van der Waals surface area contributed by atoms with Crippen molar-refractivity contribution in [2.75, 3.05) is 0 Å². The zero-order valence-electron chi connectivity index (χ0n) is 21.1. The molecule has 4 rings (SSSR count). The summed E-state index contributed by atoms with van der Waals surface area (Å²) in [6.07, 6.45) is -4.32. The first-order valence-corrected chi connectivity index (χ1v) is 11.7. The van der Waals surface area contributed by atoms with E-state index in [-0.39, 0.29) is 11.8 Å². The lowest BCUT2D eigenvalue weighted by molar-refractivity contribution is -0.633. The Labute approximate surface area is 200 Å². The summed E-state index contributed by atoms with van der Waals surface area (Å²) >= 11 is 0. The fraction of sp³-hybridized carbons (Fsp3) is 0.367. The molecule has 0 atom stereocenters. The number of aromatic nitrogens is 1. The van der Waals surface area contributed by atoms with Crippen molar-refractivity contribution in [2.24, 2.45) is 12.5 Å². The summed E-state index contributed by atoms with van der Waals surface area (Å²) in [7, 11) is 2.00. The van der Waals surface area contributed by atoms with Crippen molar-refractivity contribution in [3.8, 4) is 11.3 Å². The molecule has 0 N–H and O–H groups in total. The maximum absolute atomic E-state index is 13.6. The smallest absolute Gasteiger partial charge is 0.194 e. The number of nitrogens with zero attached hydrogens (tertiary/aromatic N) is 1. The number of fused-ring (bicyclic) bond motifs is 2. The quantitative estimate of drug-likeness (QED) is 0.269. The second-order valence-electron chi connectivity index (χ2n) is 11.1.